The number of nitrogens with two attached hydrogens (primary N) is 1. The summed E-state index contributed by atoms with van der Waals surface area (Å²) in [7, 11) is 3.17. The van der Waals surface area contributed by atoms with Crippen LogP contribution in [0.15, 0.2) is 24.3 Å². The Balaban J connectivity index is 2.28. The minimum atomic E-state index is 0.160. The lowest BCUT2D eigenvalue weighted by atomic mass is 10.2. The van der Waals surface area contributed by atoms with Gasteiger partial charge in [-0.15, -0.1) is 0 Å². The molecule has 0 amide bonds. The molecule has 2 rings (SSSR count). The molecule has 0 aliphatic carbocycles. The quantitative estimate of drug-likeness (QED) is 0.876. The summed E-state index contributed by atoms with van der Waals surface area (Å²) in [4.78, 5) is 8.03. The van der Waals surface area contributed by atoms with E-state index >= 15 is 0 Å². The van der Waals surface area contributed by atoms with E-state index in [9.17, 15) is 0 Å². The van der Waals surface area contributed by atoms with Gasteiger partial charge in [-0.3, -0.25) is 0 Å². The largest absolute Gasteiger partial charge is 0.497 e. The molecule has 6 heteroatoms. The van der Waals surface area contributed by atoms with E-state index in [0.717, 1.165) is 17.0 Å². The van der Waals surface area contributed by atoms with Crippen LogP contribution in [-0.2, 0) is 0 Å². The molecule has 1 aromatic heterocycles. The summed E-state index contributed by atoms with van der Waals surface area (Å²) in [6, 6.07) is 7.40. The van der Waals surface area contributed by atoms with Crippen molar-refractivity contribution in [3.8, 4) is 11.6 Å². The lowest BCUT2D eigenvalue weighted by Crippen LogP contribution is -2.02. The van der Waals surface area contributed by atoms with Crippen molar-refractivity contribution >= 4 is 17.5 Å². The summed E-state index contributed by atoms with van der Waals surface area (Å²) < 4.78 is 10.2. The monoisotopic (exact) mass is 260 g/mol. The van der Waals surface area contributed by atoms with Crippen molar-refractivity contribution in [3.63, 3.8) is 0 Å². The first-order valence-electron chi connectivity index (χ1n) is 5.72. The Hall–Kier alpha value is -2.50. The van der Waals surface area contributed by atoms with Crippen LogP contribution in [0.2, 0.25) is 0 Å². The van der Waals surface area contributed by atoms with Gasteiger partial charge in [0.1, 0.15) is 11.6 Å². The van der Waals surface area contributed by atoms with Gasteiger partial charge in [0.15, 0.2) is 0 Å². The van der Waals surface area contributed by atoms with Gasteiger partial charge >= 0.3 is 0 Å². The summed E-state index contributed by atoms with van der Waals surface area (Å²) in [6.07, 6.45) is 0. The molecule has 0 spiro atoms. The van der Waals surface area contributed by atoms with Gasteiger partial charge in [-0.05, 0) is 30.7 Å². The second kappa shape index (κ2) is 5.43. The maximum Gasteiger partial charge on any atom is 0.225 e. The second-order valence-corrected chi connectivity index (χ2v) is 3.96. The molecule has 6 nitrogen and oxygen atoms in total. The van der Waals surface area contributed by atoms with Gasteiger partial charge in [0.2, 0.25) is 11.8 Å². The molecule has 2 aromatic rings. The van der Waals surface area contributed by atoms with Gasteiger partial charge in [0.25, 0.3) is 0 Å². The lowest BCUT2D eigenvalue weighted by molar-refractivity contribution is 0.398. The van der Waals surface area contributed by atoms with Gasteiger partial charge < -0.3 is 20.5 Å². The molecule has 1 aromatic carbocycles. The van der Waals surface area contributed by atoms with E-state index in [1.54, 1.807) is 13.2 Å². The molecule has 100 valence electrons. The van der Waals surface area contributed by atoms with Gasteiger partial charge in [-0.2, -0.15) is 9.97 Å². The second-order valence-electron chi connectivity index (χ2n) is 3.96. The van der Waals surface area contributed by atoms with Crippen molar-refractivity contribution in [3.05, 3.63) is 29.8 Å². The van der Waals surface area contributed by atoms with Crippen LogP contribution >= 0.6 is 0 Å². The normalized spacial score (nSPS) is 10.1. The minimum Gasteiger partial charge on any atom is -0.497 e. The fourth-order valence-electron chi connectivity index (χ4n) is 1.65. The molecule has 1 heterocycles. The summed E-state index contributed by atoms with van der Waals surface area (Å²) in [6.45, 7) is 1.98. The summed E-state index contributed by atoms with van der Waals surface area (Å²) in [5.41, 5.74) is 7.57. The Bertz CT molecular complexity index is 587. The first kappa shape index (κ1) is 12.9. The maximum absolute atomic E-state index is 5.61. The van der Waals surface area contributed by atoms with Crippen LogP contribution in [0.5, 0.6) is 11.6 Å². The SMILES string of the molecule is COc1ccc(Nc2cc(OC)nc(N)n2)c(C)c1. The van der Waals surface area contributed by atoms with Gasteiger partial charge in [-0.25, -0.2) is 0 Å². The molecule has 0 unspecified atom stereocenters. The predicted molar refractivity (Wildman–Crippen MR) is 74.0 cm³/mol. The highest BCUT2D eigenvalue weighted by molar-refractivity contribution is 5.62. The molecular formula is C13H16N4O2. The Morgan fingerprint density at radius 1 is 1.11 bits per heavy atom. The van der Waals surface area contributed by atoms with E-state index in [2.05, 4.69) is 15.3 Å². The van der Waals surface area contributed by atoms with Crippen LogP contribution in [0.3, 0.4) is 0 Å². The Morgan fingerprint density at radius 3 is 2.53 bits per heavy atom. The highest BCUT2D eigenvalue weighted by Crippen LogP contribution is 2.25. The lowest BCUT2D eigenvalue weighted by Gasteiger charge is -2.11. The molecule has 3 N–H and O–H groups in total. The maximum atomic E-state index is 5.61. The highest BCUT2D eigenvalue weighted by Gasteiger charge is 2.05. The Morgan fingerprint density at radius 2 is 1.89 bits per heavy atom. The van der Waals surface area contributed by atoms with E-state index in [-0.39, 0.29) is 5.95 Å². The minimum absolute atomic E-state index is 0.160. The number of ether oxygens (including phenoxy) is 2. The Kier molecular flexibility index (Phi) is 3.70. The average Bonchev–Trinajstić information content (AvgIpc) is 2.40. The molecule has 19 heavy (non-hydrogen) atoms. The third-order valence-corrected chi connectivity index (χ3v) is 2.63. The van der Waals surface area contributed by atoms with Crippen molar-refractivity contribution < 1.29 is 9.47 Å². The van der Waals surface area contributed by atoms with Crippen LogP contribution in [0, 0.1) is 6.92 Å². The standard InChI is InChI=1S/C13H16N4O2/c1-8-6-9(18-2)4-5-10(8)15-11-7-12(19-3)17-13(14)16-11/h4-7H,1-3H3,(H3,14,15,16,17). The van der Waals surface area contributed by atoms with E-state index in [1.807, 2.05) is 25.1 Å². The average molecular weight is 260 g/mol. The molecule has 0 fully saturated rings. The van der Waals surface area contributed by atoms with E-state index in [4.69, 9.17) is 15.2 Å². The van der Waals surface area contributed by atoms with E-state index < -0.39 is 0 Å². The van der Waals surface area contributed by atoms with Crippen LogP contribution in [0.1, 0.15) is 5.56 Å². The third-order valence-electron chi connectivity index (χ3n) is 2.63. The topological polar surface area (TPSA) is 82.3 Å². The first-order chi connectivity index (χ1) is 9.12. The number of aromatic nitrogens is 2. The van der Waals surface area contributed by atoms with Crippen molar-refractivity contribution in [1.82, 2.24) is 9.97 Å². The number of hydrogen-bond acceptors (Lipinski definition) is 6. The summed E-state index contributed by atoms with van der Waals surface area (Å²) in [5, 5.41) is 3.17. The van der Waals surface area contributed by atoms with Gasteiger partial charge in [-0.1, -0.05) is 0 Å². The highest BCUT2D eigenvalue weighted by atomic mass is 16.5. The van der Waals surface area contributed by atoms with Crippen molar-refractivity contribution in [2.24, 2.45) is 0 Å². The molecule has 0 aliphatic rings. The van der Waals surface area contributed by atoms with Crippen molar-refractivity contribution in [2.45, 2.75) is 6.92 Å². The fraction of sp³-hybridized carbons (Fsp3) is 0.231. The zero-order valence-electron chi connectivity index (χ0n) is 11.1. The molecule has 0 atom stereocenters. The first-order valence-corrected chi connectivity index (χ1v) is 5.72. The Labute approximate surface area is 111 Å². The number of nitrogen functional groups attached to an aromatic ring is 1. The number of aryl methyl sites for hydroxylation is 1. The number of hydrogen-bond donors (Lipinski definition) is 2. The van der Waals surface area contributed by atoms with Crippen molar-refractivity contribution in [2.75, 3.05) is 25.3 Å². The van der Waals surface area contributed by atoms with Crippen molar-refractivity contribution in [1.29, 1.82) is 0 Å². The zero-order chi connectivity index (χ0) is 13.8. The number of benzene rings is 1. The number of rotatable bonds is 4. The van der Waals surface area contributed by atoms with Crippen LogP contribution < -0.4 is 20.5 Å². The molecule has 0 radical (unpaired) electrons. The van der Waals surface area contributed by atoms with Crippen LogP contribution in [-0.4, -0.2) is 24.2 Å². The number of nitrogens with one attached hydrogen (secondary N) is 1. The number of methoxy groups -OCH3 is 2. The molecule has 0 aliphatic heterocycles. The summed E-state index contributed by atoms with van der Waals surface area (Å²) in [5.74, 6) is 1.97. The molecule has 0 saturated heterocycles. The molecule has 0 bridgehead atoms. The molecule has 0 saturated carbocycles. The van der Waals surface area contributed by atoms with Gasteiger partial charge in [0.05, 0.1) is 14.2 Å². The third kappa shape index (κ3) is 3.04. The molecular weight excluding hydrogens is 244 g/mol. The fourth-order valence-corrected chi connectivity index (χ4v) is 1.65. The van der Waals surface area contributed by atoms with Gasteiger partial charge in [0, 0.05) is 11.8 Å². The zero-order valence-corrected chi connectivity index (χ0v) is 11.1. The van der Waals surface area contributed by atoms with Crippen LogP contribution in [0.25, 0.3) is 0 Å². The number of anilines is 3. The summed E-state index contributed by atoms with van der Waals surface area (Å²) >= 11 is 0. The van der Waals surface area contributed by atoms with E-state index in [0.29, 0.717) is 11.7 Å². The predicted octanol–water partition coefficient (Wildman–Crippen LogP) is 2.13. The smallest absolute Gasteiger partial charge is 0.225 e. The number of nitrogens with zero attached hydrogens (tertiary/aromatic N) is 2. The van der Waals surface area contributed by atoms with E-state index in [1.165, 1.54) is 7.11 Å². The van der Waals surface area contributed by atoms with Crippen LogP contribution in [0.4, 0.5) is 17.5 Å².